The van der Waals surface area contributed by atoms with Crippen LogP contribution in [-0.2, 0) is 11.2 Å². The van der Waals surface area contributed by atoms with Crippen molar-refractivity contribution in [2.45, 2.75) is 46.2 Å². The van der Waals surface area contributed by atoms with E-state index in [1.54, 1.807) is 18.4 Å². The molecule has 0 aliphatic heterocycles. The number of ether oxygens (including phenoxy) is 1. The van der Waals surface area contributed by atoms with Crippen molar-refractivity contribution in [3.8, 4) is 0 Å². The number of nitrogens with one attached hydrogen (secondary N) is 1. The van der Waals surface area contributed by atoms with E-state index < -0.39 is 0 Å². The Hall–Kier alpha value is -0.450. The van der Waals surface area contributed by atoms with Crippen LogP contribution >= 0.6 is 11.3 Å². The predicted octanol–water partition coefficient (Wildman–Crippen LogP) is 2.70. The number of rotatable bonds is 6. The molecule has 0 aliphatic carbocycles. The highest BCUT2D eigenvalue weighted by Crippen LogP contribution is 2.25. The molecule has 3 nitrogen and oxygen atoms in total. The number of aromatic nitrogens is 1. The summed E-state index contributed by atoms with van der Waals surface area (Å²) in [4.78, 5) is 5.92. The summed E-state index contributed by atoms with van der Waals surface area (Å²) in [6, 6.07) is 0.882. The van der Waals surface area contributed by atoms with E-state index in [0.717, 1.165) is 18.7 Å². The van der Waals surface area contributed by atoms with E-state index in [9.17, 15) is 0 Å². The van der Waals surface area contributed by atoms with Crippen LogP contribution in [0, 0.1) is 6.92 Å². The zero-order valence-corrected chi connectivity index (χ0v) is 11.6. The van der Waals surface area contributed by atoms with Gasteiger partial charge >= 0.3 is 0 Å². The second-order valence-electron chi connectivity index (χ2n) is 4.34. The lowest BCUT2D eigenvalue weighted by atomic mass is 10.2. The Morgan fingerprint density at radius 1 is 1.38 bits per heavy atom. The minimum atomic E-state index is 0.383. The van der Waals surface area contributed by atoms with Crippen LogP contribution in [0.2, 0.25) is 0 Å². The normalized spacial score (nSPS) is 13.4. The molecule has 0 aliphatic rings. The molecule has 0 spiro atoms. The molecule has 0 saturated heterocycles. The highest BCUT2D eigenvalue weighted by Gasteiger charge is 2.14. The maximum atomic E-state index is 5.07. The van der Waals surface area contributed by atoms with Crippen molar-refractivity contribution >= 4 is 11.3 Å². The Labute approximate surface area is 102 Å². The molecule has 16 heavy (non-hydrogen) atoms. The molecule has 0 fully saturated rings. The number of hydrogen-bond donors (Lipinski definition) is 1. The van der Waals surface area contributed by atoms with Gasteiger partial charge in [-0.1, -0.05) is 13.8 Å². The van der Waals surface area contributed by atoms with Gasteiger partial charge in [-0.25, -0.2) is 4.98 Å². The maximum Gasteiger partial charge on any atom is 0.0954 e. The number of thiazole rings is 1. The van der Waals surface area contributed by atoms with E-state index in [0.29, 0.717) is 12.1 Å². The summed E-state index contributed by atoms with van der Waals surface area (Å²) in [6.07, 6.45) is 0.913. The fourth-order valence-electron chi connectivity index (χ4n) is 1.74. The summed E-state index contributed by atoms with van der Waals surface area (Å²) in [5.41, 5.74) is 1.15. The van der Waals surface area contributed by atoms with Crippen LogP contribution in [0.15, 0.2) is 0 Å². The Balaban J connectivity index is 2.68. The second-order valence-corrected chi connectivity index (χ2v) is 5.46. The van der Waals surface area contributed by atoms with Gasteiger partial charge in [0.25, 0.3) is 0 Å². The largest absolute Gasteiger partial charge is 0.384 e. The highest BCUT2D eigenvalue weighted by molar-refractivity contribution is 7.11. The smallest absolute Gasteiger partial charge is 0.0954 e. The van der Waals surface area contributed by atoms with E-state index in [4.69, 9.17) is 4.74 Å². The van der Waals surface area contributed by atoms with E-state index >= 15 is 0 Å². The molecular formula is C12H22N2OS. The minimum absolute atomic E-state index is 0.383. The van der Waals surface area contributed by atoms with Gasteiger partial charge < -0.3 is 10.1 Å². The summed E-state index contributed by atoms with van der Waals surface area (Å²) in [5, 5.41) is 4.68. The predicted molar refractivity (Wildman–Crippen MR) is 69.1 cm³/mol. The van der Waals surface area contributed by atoms with Crippen LogP contribution in [0.1, 0.15) is 42.4 Å². The molecule has 1 aromatic rings. The number of nitrogens with zero attached hydrogens (tertiary/aromatic N) is 1. The van der Waals surface area contributed by atoms with Crippen LogP contribution < -0.4 is 5.32 Å². The average molecular weight is 242 g/mol. The number of methoxy groups -OCH3 is 1. The Bertz CT molecular complexity index is 323. The van der Waals surface area contributed by atoms with Gasteiger partial charge in [-0.2, -0.15) is 0 Å². The third kappa shape index (κ3) is 3.85. The van der Waals surface area contributed by atoms with Crippen molar-refractivity contribution in [1.29, 1.82) is 0 Å². The molecular weight excluding hydrogens is 220 g/mol. The lowest BCUT2D eigenvalue weighted by molar-refractivity contribution is 0.202. The van der Waals surface area contributed by atoms with E-state index in [2.05, 4.69) is 38.0 Å². The molecule has 1 rings (SSSR count). The zero-order chi connectivity index (χ0) is 12.1. The van der Waals surface area contributed by atoms with Gasteiger partial charge in [-0.05, 0) is 13.8 Å². The quantitative estimate of drug-likeness (QED) is 0.833. The monoisotopic (exact) mass is 242 g/mol. The van der Waals surface area contributed by atoms with Crippen LogP contribution in [0.3, 0.4) is 0 Å². The van der Waals surface area contributed by atoms with Crippen molar-refractivity contribution in [2.24, 2.45) is 0 Å². The fourth-order valence-corrected chi connectivity index (χ4v) is 2.80. The van der Waals surface area contributed by atoms with Crippen molar-refractivity contribution in [3.05, 3.63) is 15.6 Å². The average Bonchev–Trinajstić information content (AvgIpc) is 2.55. The summed E-state index contributed by atoms with van der Waals surface area (Å²) < 4.78 is 5.07. The molecule has 0 aromatic carbocycles. The topological polar surface area (TPSA) is 34.1 Å². The van der Waals surface area contributed by atoms with Crippen molar-refractivity contribution in [2.75, 3.05) is 13.7 Å². The van der Waals surface area contributed by atoms with Gasteiger partial charge in [0.15, 0.2) is 0 Å². The third-order valence-electron chi connectivity index (χ3n) is 2.37. The highest BCUT2D eigenvalue weighted by atomic mass is 32.1. The van der Waals surface area contributed by atoms with Crippen LogP contribution in [-0.4, -0.2) is 24.7 Å². The molecule has 0 radical (unpaired) electrons. The first-order valence-electron chi connectivity index (χ1n) is 5.75. The molecule has 1 N–H and O–H groups in total. The summed E-state index contributed by atoms with van der Waals surface area (Å²) in [6.45, 7) is 9.36. The van der Waals surface area contributed by atoms with E-state index in [1.165, 1.54) is 9.88 Å². The molecule has 1 unspecified atom stereocenters. The Morgan fingerprint density at radius 2 is 2.06 bits per heavy atom. The first-order valence-corrected chi connectivity index (χ1v) is 6.57. The summed E-state index contributed by atoms with van der Waals surface area (Å²) in [5.74, 6) is 0. The lowest BCUT2D eigenvalue weighted by Crippen LogP contribution is -2.25. The molecule has 4 heteroatoms. The van der Waals surface area contributed by atoms with Gasteiger partial charge in [0.1, 0.15) is 0 Å². The standard InChI is InChI=1S/C12H22N2OS/c1-8(2)13-9(3)12-10(4)14-11(16-12)6-7-15-5/h8-9,13H,6-7H2,1-5H3. The van der Waals surface area contributed by atoms with Crippen molar-refractivity contribution in [1.82, 2.24) is 10.3 Å². The number of aryl methyl sites for hydroxylation is 1. The second kappa shape index (κ2) is 6.33. The molecule has 0 bridgehead atoms. The van der Waals surface area contributed by atoms with Gasteiger partial charge in [-0.15, -0.1) is 11.3 Å². The minimum Gasteiger partial charge on any atom is -0.384 e. The van der Waals surface area contributed by atoms with Gasteiger partial charge in [0.05, 0.1) is 17.3 Å². The van der Waals surface area contributed by atoms with Crippen molar-refractivity contribution < 1.29 is 4.74 Å². The fraction of sp³-hybridized carbons (Fsp3) is 0.750. The molecule has 92 valence electrons. The van der Waals surface area contributed by atoms with E-state index in [-0.39, 0.29) is 0 Å². The maximum absolute atomic E-state index is 5.07. The van der Waals surface area contributed by atoms with E-state index in [1.807, 2.05) is 0 Å². The number of hydrogen-bond acceptors (Lipinski definition) is 4. The van der Waals surface area contributed by atoms with Crippen molar-refractivity contribution in [3.63, 3.8) is 0 Å². The first-order chi connectivity index (χ1) is 7.54. The van der Waals surface area contributed by atoms with Crippen LogP contribution in [0.4, 0.5) is 0 Å². The van der Waals surface area contributed by atoms with Gasteiger partial charge in [-0.3, -0.25) is 0 Å². The molecule has 1 heterocycles. The zero-order valence-electron chi connectivity index (χ0n) is 10.8. The van der Waals surface area contributed by atoms with Crippen LogP contribution in [0.25, 0.3) is 0 Å². The van der Waals surface area contributed by atoms with Gasteiger partial charge in [0, 0.05) is 30.5 Å². The van der Waals surface area contributed by atoms with Crippen LogP contribution in [0.5, 0.6) is 0 Å². The first kappa shape index (κ1) is 13.6. The SMILES string of the molecule is COCCc1nc(C)c(C(C)NC(C)C)s1. The summed E-state index contributed by atoms with van der Waals surface area (Å²) in [7, 11) is 1.73. The molecule has 1 aromatic heterocycles. The lowest BCUT2D eigenvalue weighted by Gasteiger charge is -2.15. The summed E-state index contributed by atoms with van der Waals surface area (Å²) >= 11 is 1.80. The molecule has 0 amide bonds. The Kier molecular flexibility index (Phi) is 5.38. The molecule has 0 saturated carbocycles. The third-order valence-corrected chi connectivity index (χ3v) is 3.77. The van der Waals surface area contributed by atoms with Gasteiger partial charge in [0.2, 0.25) is 0 Å². The Morgan fingerprint density at radius 3 is 2.62 bits per heavy atom. The molecule has 1 atom stereocenters.